The number of hydrogen-bond acceptors (Lipinski definition) is 3. The van der Waals surface area contributed by atoms with Gasteiger partial charge >= 0.3 is 0 Å². The Morgan fingerprint density at radius 3 is 2.91 bits per heavy atom. The second-order valence-corrected chi connectivity index (χ2v) is 4.93. The molecule has 114 valence electrons. The minimum absolute atomic E-state index is 0.0490. The lowest BCUT2D eigenvalue weighted by Crippen LogP contribution is -2.29. The number of furan rings is 1. The van der Waals surface area contributed by atoms with Crippen molar-refractivity contribution in [2.45, 2.75) is 19.5 Å². The monoisotopic (exact) mass is 305 g/mol. The molecule has 22 heavy (non-hydrogen) atoms. The van der Waals surface area contributed by atoms with E-state index in [2.05, 4.69) is 10.3 Å². The van der Waals surface area contributed by atoms with Gasteiger partial charge in [0.1, 0.15) is 12.3 Å². The average Bonchev–Trinajstić information content (AvgIpc) is 3.11. The molecule has 2 aromatic heterocycles. The van der Waals surface area contributed by atoms with E-state index in [4.69, 9.17) is 4.42 Å². The summed E-state index contributed by atoms with van der Waals surface area (Å²) in [4.78, 5) is 16.0. The molecule has 3 aromatic rings. The number of rotatable bonds is 4. The molecule has 1 N–H and O–H groups in total. The van der Waals surface area contributed by atoms with Crippen molar-refractivity contribution in [3.63, 3.8) is 0 Å². The van der Waals surface area contributed by atoms with Crippen molar-refractivity contribution in [2.24, 2.45) is 0 Å². The Morgan fingerprint density at radius 2 is 2.18 bits per heavy atom. The van der Waals surface area contributed by atoms with Crippen LogP contribution in [-0.4, -0.2) is 15.5 Å². The standard InChI is InChI=1S/C15H13F2N3O2/c1-9(14-3-2-4-22-14)19-15(21)7-20-8-18-12-5-10(16)11(17)6-13(12)20/h2-6,8-9H,7H2,1H3,(H,19,21)/t9-/m0/s1. The molecule has 7 heteroatoms. The highest BCUT2D eigenvalue weighted by atomic mass is 19.2. The van der Waals surface area contributed by atoms with Crippen molar-refractivity contribution < 1.29 is 18.0 Å². The summed E-state index contributed by atoms with van der Waals surface area (Å²) in [6, 6.07) is 5.24. The summed E-state index contributed by atoms with van der Waals surface area (Å²) in [7, 11) is 0. The first-order chi connectivity index (χ1) is 10.5. The van der Waals surface area contributed by atoms with Crippen LogP contribution in [0.25, 0.3) is 11.0 Å². The van der Waals surface area contributed by atoms with Gasteiger partial charge in [0.25, 0.3) is 0 Å². The molecule has 0 spiro atoms. The molecule has 0 radical (unpaired) electrons. The molecule has 1 amide bonds. The zero-order valence-electron chi connectivity index (χ0n) is 11.7. The molecular formula is C15H13F2N3O2. The van der Waals surface area contributed by atoms with Gasteiger partial charge < -0.3 is 14.3 Å². The molecule has 0 aliphatic carbocycles. The SMILES string of the molecule is C[C@H](NC(=O)Cn1cnc2cc(F)c(F)cc21)c1ccco1. The number of imidazole rings is 1. The molecule has 1 atom stereocenters. The predicted molar refractivity (Wildman–Crippen MR) is 74.9 cm³/mol. The summed E-state index contributed by atoms with van der Waals surface area (Å²) in [6.07, 6.45) is 2.90. The minimum Gasteiger partial charge on any atom is -0.467 e. The third-order valence-electron chi connectivity index (χ3n) is 3.32. The first-order valence-electron chi connectivity index (χ1n) is 6.67. The molecule has 0 saturated carbocycles. The van der Waals surface area contributed by atoms with Crippen molar-refractivity contribution >= 4 is 16.9 Å². The van der Waals surface area contributed by atoms with Gasteiger partial charge in [-0.15, -0.1) is 0 Å². The van der Waals surface area contributed by atoms with Gasteiger partial charge in [-0.05, 0) is 19.1 Å². The van der Waals surface area contributed by atoms with Gasteiger partial charge in [0.2, 0.25) is 5.91 Å². The highest BCUT2D eigenvalue weighted by molar-refractivity contribution is 5.80. The Labute approximate surface area is 124 Å². The largest absolute Gasteiger partial charge is 0.467 e. The van der Waals surface area contributed by atoms with Gasteiger partial charge in [0.05, 0.1) is 29.7 Å². The molecule has 2 heterocycles. The number of hydrogen-bond donors (Lipinski definition) is 1. The van der Waals surface area contributed by atoms with E-state index in [0.29, 0.717) is 16.8 Å². The normalized spacial score (nSPS) is 12.5. The number of carbonyl (C=O) groups is 1. The summed E-state index contributed by atoms with van der Waals surface area (Å²) in [6.45, 7) is 1.74. The lowest BCUT2D eigenvalue weighted by Gasteiger charge is -2.12. The molecule has 0 bridgehead atoms. The maximum atomic E-state index is 13.3. The fraction of sp³-hybridized carbons (Fsp3) is 0.200. The van der Waals surface area contributed by atoms with Crippen molar-refractivity contribution in [3.8, 4) is 0 Å². The smallest absolute Gasteiger partial charge is 0.240 e. The number of halogens is 2. The Bertz CT molecular complexity index is 812. The number of nitrogens with zero attached hydrogens (tertiary/aromatic N) is 2. The van der Waals surface area contributed by atoms with Gasteiger partial charge in [0, 0.05) is 12.1 Å². The van der Waals surface area contributed by atoms with Crippen LogP contribution in [0.5, 0.6) is 0 Å². The quantitative estimate of drug-likeness (QED) is 0.806. The Morgan fingerprint density at radius 1 is 1.41 bits per heavy atom. The number of aromatic nitrogens is 2. The fourth-order valence-electron chi connectivity index (χ4n) is 2.23. The van der Waals surface area contributed by atoms with Crippen LogP contribution < -0.4 is 5.32 Å². The summed E-state index contributed by atoms with van der Waals surface area (Å²) in [5, 5.41) is 2.76. The molecule has 5 nitrogen and oxygen atoms in total. The van der Waals surface area contributed by atoms with Crippen LogP contribution in [0.1, 0.15) is 18.7 Å². The molecule has 0 fully saturated rings. The average molecular weight is 305 g/mol. The lowest BCUT2D eigenvalue weighted by atomic mass is 10.2. The van der Waals surface area contributed by atoms with E-state index in [1.54, 1.807) is 19.1 Å². The first kappa shape index (κ1) is 14.2. The Kier molecular flexibility index (Phi) is 3.62. The van der Waals surface area contributed by atoms with Crippen LogP contribution in [0.4, 0.5) is 8.78 Å². The van der Waals surface area contributed by atoms with Crippen LogP contribution in [0, 0.1) is 11.6 Å². The van der Waals surface area contributed by atoms with Crippen LogP contribution >= 0.6 is 0 Å². The Balaban J connectivity index is 1.75. The van der Waals surface area contributed by atoms with E-state index in [-0.39, 0.29) is 18.5 Å². The summed E-state index contributed by atoms with van der Waals surface area (Å²) >= 11 is 0. The predicted octanol–water partition coefficient (Wildman–Crippen LogP) is 2.78. The second-order valence-electron chi connectivity index (χ2n) is 4.93. The van der Waals surface area contributed by atoms with Gasteiger partial charge in [-0.3, -0.25) is 4.79 Å². The molecule has 0 saturated heterocycles. The maximum absolute atomic E-state index is 13.3. The second kappa shape index (κ2) is 5.59. The minimum atomic E-state index is -0.974. The van der Waals surface area contributed by atoms with E-state index in [1.807, 2.05) is 0 Å². The van der Waals surface area contributed by atoms with Crippen molar-refractivity contribution in [1.29, 1.82) is 0 Å². The van der Waals surface area contributed by atoms with E-state index in [9.17, 15) is 13.6 Å². The van der Waals surface area contributed by atoms with Gasteiger partial charge in [-0.1, -0.05) is 0 Å². The summed E-state index contributed by atoms with van der Waals surface area (Å²) < 4.78 is 33.1. The summed E-state index contributed by atoms with van der Waals surface area (Å²) in [5.74, 6) is -1.59. The molecule has 0 aliphatic rings. The molecule has 0 unspecified atom stereocenters. The highest BCUT2D eigenvalue weighted by Crippen LogP contribution is 2.18. The van der Waals surface area contributed by atoms with Crippen LogP contribution in [0.3, 0.4) is 0 Å². The number of benzene rings is 1. The number of amides is 1. The topological polar surface area (TPSA) is 60.1 Å². The zero-order valence-corrected chi connectivity index (χ0v) is 11.7. The first-order valence-corrected chi connectivity index (χ1v) is 6.67. The number of nitrogens with one attached hydrogen (secondary N) is 1. The van der Waals surface area contributed by atoms with E-state index in [1.165, 1.54) is 17.2 Å². The number of fused-ring (bicyclic) bond motifs is 1. The van der Waals surface area contributed by atoms with E-state index in [0.717, 1.165) is 12.1 Å². The van der Waals surface area contributed by atoms with Gasteiger partial charge in [0.15, 0.2) is 11.6 Å². The molecule has 0 aliphatic heterocycles. The Hall–Kier alpha value is -2.70. The van der Waals surface area contributed by atoms with Crippen LogP contribution in [0.2, 0.25) is 0 Å². The molecule has 3 rings (SSSR count). The van der Waals surface area contributed by atoms with E-state index >= 15 is 0 Å². The van der Waals surface area contributed by atoms with Gasteiger partial charge in [-0.25, -0.2) is 13.8 Å². The molecular weight excluding hydrogens is 292 g/mol. The fourth-order valence-corrected chi connectivity index (χ4v) is 2.23. The van der Waals surface area contributed by atoms with Crippen LogP contribution in [-0.2, 0) is 11.3 Å². The van der Waals surface area contributed by atoms with Crippen molar-refractivity contribution in [1.82, 2.24) is 14.9 Å². The zero-order chi connectivity index (χ0) is 15.7. The maximum Gasteiger partial charge on any atom is 0.240 e. The third kappa shape index (κ3) is 2.69. The lowest BCUT2D eigenvalue weighted by molar-refractivity contribution is -0.122. The third-order valence-corrected chi connectivity index (χ3v) is 3.32. The van der Waals surface area contributed by atoms with Crippen LogP contribution in [0.15, 0.2) is 41.3 Å². The van der Waals surface area contributed by atoms with Gasteiger partial charge in [-0.2, -0.15) is 0 Å². The van der Waals surface area contributed by atoms with Crippen molar-refractivity contribution in [3.05, 3.63) is 54.3 Å². The van der Waals surface area contributed by atoms with E-state index < -0.39 is 11.6 Å². The summed E-state index contributed by atoms with van der Waals surface area (Å²) in [5.41, 5.74) is 0.658. The van der Waals surface area contributed by atoms with Crippen molar-refractivity contribution in [2.75, 3.05) is 0 Å². The molecule has 1 aromatic carbocycles. The number of carbonyl (C=O) groups excluding carboxylic acids is 1. The highest BCUT2D eigenvalue weighted by Gasteiger charge is 2.14.